The lowest BCUT2D eigenvalue weighted by molar-refractivity contribution is 0.0955. The number of carbonyl (C=O) groups is 1. The monoisotopic (exact) mass is 248 g/mol. The zero-order valence-corrected chi connectivity index (χ0v) is 10.2. The van der Waals surface area contributed by atoms with Gasteiger partial charge < -0.3 is 4.42 Å². The van der Waals surface area contributed by atoms with Crippen molar-refractivity contribution >= 4 is 23.5 Å². The number of nitrogens with one attached hydrogen (secondary N) is 1. The van der Waals surface area contributed by atoms with Gasteiger partial charge in [0.2, 0.25) is 0 Å². The number of rotatable bonds is 4. The molecule has 2 heterocycles. The summed E-state index contributed by atoms with van der Waals surface area (Å²) in [4.78, 5) is 12.8. The van der Waals surface area contributed by atoms with E-state index < -0.39 is 0 Å². The summed E-state index contributed by atoms with van der Waals surface area (Å²) in [5, 5.41) is 5.64. The maximum absolute atomic E-state index is 11.7. The molecule has 0 saturated heterocycles. The van der Waals surface area contributed by atoms with Crippen LogP contribution in [0.3, 0.4) is 0 Å². The van der Waals surface area contributed by atoms with E-state index in [1.54, 1.807) is 29.7 Å². The molecule has 2 aromatic heterocycles. The predicted molar refractivity (Wildman–Crippen MR) is 67.5 cm³/mol. The number of hydrogen-bond donors (Lipinski definition) is 1. The SMILES string of the molecule is CCc1cc(C(=O)NN=Cc2ccco2)cs1. The average Bonchev–Trinajstić information content (AvgIpc) is 2.99. The Morgan fingerprint density at radius 1 is 1.65 bits per heavy atom. The summed E-state index contributed by atoms with van der Waals surface area (Å²) < 4.78 is 5.04. The Kier molecular flexibility index (Phi) is 3.72. The van der Waals surface area contributed by atoms with Crippen LogP contribution in [0.5, 0.6) is 0 Å². The molecule has 0 saturated carbocycles. The first-order valence-corrected chi connectivity index (χ1v) is 6.12. The largest absolute Gasteiger partial charge is 0.463 e. The highest BCUT2D eigenvalue weighted by atomic mass is 32.1. The molecular formula is C12H12N2O2S. The van der Waals surface area contributed by atoms with Crippen molar-refractivity contribution < 1.29 is 9.21 Å². The van der Waals surface area contributed by atoms with Crippen LogP contribution in [0.4, 0.5) is 0 Å². The van der Waals surface area contributed by atoms with Gasteiger partial charge in [-0.1, -0.05) is 6.92 Å². The summed E-state index contributed by atoms with van der Waals surface area (Å²) in [6.07, 6.45) is 3.95. The van der Waals surface area contributed by atoms with Gasteiger partial charge in [0.1, 0.15) is 5.76 Å². The quantitative estimate of drug-likeness (QED) is 0.668. The van der Waals surface area contributed by atoms with Gasteiger partial charge in [-0.2, -0.15) is 5.10 Å². The van der Waals surface area contributed by atoms with Gasteiger partial charge in [0.05, 0.1) is 18.0 Å². The van der Waals surface area contributed by atoms with Crippen LogP contribution in [0, 0.1) is 0 Å². The molecule has 0 aliphatic rings. The molecule has 2 aromatic rings. The Bertz CT molecular complexity index is 514. The maximum atomic E-state index is 11.7. The molecule has 0 atom stereocenters. The molecule has 0 aliphatic carbocycles. The van der Waals surface area contributed by atoms with Crippen molar-refractivity contribution in [2.75, 3.05) is 0 Å². The van der Waals surface area contributed by atoms with E-state index in [4.69, 9.17) is 4.42 Å². The fraction of sp³-hybridized carbons (Fsp3) is 0.167. The number of amides is 1. The molecule has 0 bridgehead atoms. The van der Waals surface area contributed by atoms with Crippen LogP contribution in [0.15, 0.2) is 39.4 Å². The zero-order chi connectivity index (χ0) is 12.1. The highest BCUT2D eigenvalue weighted by Gasteiger charge is 2.06. The summed E-state index contributed by atoms with van der Waals surface area (Å²) in [5.41, 5.74) is 3.09. The Morgan fingerprint density at radius 2 is 2.53 bits per heavy atom. The molecular weight excluding hydrogens is 236 g/mol. The lowest BCUT2D eigenvalue weighted by Gasteiger charge is -1.94. The third-order valence-corrected chi connectivity index (χ3v) is 3.25. The summed E-state index contributed by atoms with van der Waals surface area (Å²) in [7, 11) is 0. The molecule has 88 valence electrons. The number of nitrogens with zero attached hydrogens (tertiary/aromatic N) is 1. The smallest absolute Gasteiger partial charge is 0.272 e. The highest BCUT2D eigenvalue weighted by molar-refractivity contribution is 7.10. The average molecular weight is 248 g/mol. The Labute approximate surface area is 103 Å². The van der Waals surface area contributed by atoms with E-state index in [0.717, 1.165) is 6.42 Å². The predicted octanol–water partition coefficient (Wildman–Crippen LogP) is 2.67. The normalized spacial score (nSPS) is 10.9. The van der Waals surface area contributed by atoms with Crippen LogP contribution < -0.4 is 5.43 Å². The Hall–Kier alpha value is -1.88. The molecule has 0 aliphatic heterocycles. The second kappa shape index (κ2) is 5.45. The van der Waals surface area contributed by atoms with Crippen LogP contribution in [-0.2, 0) is 6.42 Å². The molecule has 5 heteroatoms. The van der Waals surface area contributed by atoms with Crippen molar-refractivity contribution in [1.82, 2.24) is 5.43 Å². The van der Waals surface area contributed by atoms with Crippen molar-refractivity contribution in [3.05, 3.63) is 46.0 Å². The van der Waals surface area contributed by atoms with E-state index in [0.29, 0.717) is 11.3 Å². The highest BCUT2D eigenvalue weighted by Crippen LogP contribution is 2.14. The minimum absolute atomic E-state index is 0.205. The molecule has 0 fully saturated rings. The topological polar surface area (TPSA) is 54.6 Å². The van der Waals surface area contributed by atoms with E-state index in [-0.39, 0.29) is 5.91 Å². The van der Waals surface area contributed by atoms with E-state index >= 15 is 0 Å². The number of hydrazone groups is 1. The Balaban J connectivity index is 1.93. The second-order valence-corrected chi connectivity index (χ2v) is 4.37. The molecule has 0 spiro atoms. The van der Waals surface area contributed by atoms with Crippen molar-refractivity contribution in [3.63, 3.8) is 0 Å². The van der Waals surface area contributed by atoms with Crippen LogP contribution in [0.1, 0.15) is 27.9 Å². The summed E-state index contributed by atoms with van der Waals surface area (Å²) >= 11 is 1.58. The number of hydrogen-bond acceptors (Lipinski definition) is 4. The first kappa shape index (κ1) is 11.6. The van der Waals surface area contributed by atoms with E-state index in [2.05, 4.69) is 17.5 Å². The third-order valence-electron chi connectivity index (χ3n) is 2.17. The number of furan rings is 1. The second-order valence-electron chi connectivity index (χ2n) is 3.37. The van der Waals surface area contributed by atoms with Crippen LogP contribution >= 0.6 is 11.3 Å². The van der Waals surface area contributed by atoms with Crippen LogP contribution in [0.25, 0.3) is 0 Å². The van der Waals surface area contributed by atoms with E-state index in [1.165, 1.54) is 11.1 Å². The summed E-state index contributed by atoms with van der Waals surface area (Å²) in [6.45, 7) is 2.06. The van der Waals surface area contributed by atoms with Crippen molar-refractivity contribution in [2.24, 2.45) is 5.10 Å². The first-order valence-electron chi connectivity index (χ1n) is 5.24. The molecule has 0 radical (unpaired) electrons. The van der Waals surface area contributed by atoms with E-state index in [9.17, 15) is 4.79 Å². The molecule has 1 N–H and O–H groups in total. The molecule has 4 nitrogen and oxygen atoms in total. The lowest BCUT2D eigenvalue weighted by Crippen LogP contribution is -2.16. The first-order chi connectivity index (χ1) is 8.29. The van der Waals surface area contributed by atoms with Gasteiger partial charge in [0, 0.05) is 10.3 Å². The van der Waals surface area contributed by atoms with Crippen molar-refractivity contribution in [1.29, 1.82) is 0 Å². The van der Waals surface area contributed by atoms with Gasteiger partial charge in [-0.15, -0.1) is 11.3 Å². The number of thiophene rings is 1. The van der Waals surface area contributed by atoms with Gasteiger partial charge in [-0.25, -0.2) is 5.43 Å². The molecule has 1 amide bonds. The van der Waals surface area contributed by atoms with Crippen molar-refractivity contribution in [2.45, 2.75) is 13.3 Å². The van der Waals surface area contributed by atoms with Gasteiger partial charge in [-0.3, -0.25) is 4.79 Å². The number of carbonyl (C=O) groups excluding carboxylic acids is 1. The zero-order valence-electron chi connectivity index (χ0n) is 9.34. The summed E-state index contributed by atoms with van der Waals surface area (Å²) in [5.74, 6) is 0.397. The van der Waals surface area contributed by atoms with E-state index in [1.807, 2.05) is 11.4 Å². The molecule has 2 rings (SSSR count). The minimum Gasteiger partial charge on any atom is -0.463 e. The minimum atomic E-state index is -0.205. The maximum Gasteiger partial charge on any atom is 0.272 e. The fourth-order valence-corrected chi connectivity index (χ4v) is 2.08. The van der Waals surface area contributed by atoms with Gasteiger partial charge in [0.15, 0.2) is 0 Å². The van der Waals surface area contributed by atoms with Gasteiger partial charge in [-0.05, 0) is 24.6 Å². The summed E-state index contributed by atoms with van der Waals surface area (Å²) in [6, 6.07) is 5.40. The van der Waals surface area contributed by atoms with Crippen LogP contribution in [-0.4, -0.2) is 12.1 Å². The number of aryl methyl sites for hydroxylation is 1. The third kappa shape index (κ3) is 3.04. The van der Waals surface area contributed by atoms with Gasteiger partial charge in [0.25, 0.3) is 5.91 Å². The molecule has 17 heavy (non-hydrogen) atoms. The fourth-order valence-electron chi connectivity index (χ4n) is 1.27. The van der Waals surface area contributed by atoms with Crippen molar-refractivity contribution in [3.8, 4) is 0 Å². The lowest BCUT2D eigenvalue weighted by atomic mass is 10.3. The standard InChI is InChI=1S/C12H12N2O2S/c1-2-11-6-9(8-17-11)12(15)14-13-7-10-4-3-5-16-10/h3-8H,2H2,1H3,(H,14,15). The molecule has 0 aromatic carbocycles. The Morgan fingerprint density at radius 3 is 3.18 bits per heavy atom. The van der Waals surface area contributed by atoms with Gasteiger partial charge >= 0.3 is 0 Å². The molecule has 0 unspecified atom stereocenters. The van der Waals surface area contributed by atoms with Crippen LogP contribution in [0.2, 0.25) is 0 Å².